The van der Waals surface area contributed by atoms with E-state index in [9.17, 15) is 4.79 Å². The predicted molar refractivity (Wildman–Crippen MR) is 118 cm³/mol. The van der Waals surface area contributed by atoms with Crippen LogP contribution in [0.5, 0.6) is 0 Å². The van der Waals surface area contributed by atoms with Crippen molar-refractivity contribution in [1.82, 2.24) is 10.2 Å². The molecule has 1 aromatic carbocycles. The number of nitrogens with one attached hydrogen (secondary N) is 1. The third kappa shape index (κ3) is 4.12. The van der Waals surface area contributed by atoms with Crippen molar-refractivity contribution in [1.29, 1.82) is 0 Å². The van der Waals surface area contributed by atoms with Gasteiger partial charge in [0.2, 0.25) is 5.91 Å². The summed E-state index contributed by atoms with van der Waals surface area (Å²) >= 11 is 1.56. The second kappa shape index (κ2) is 9.64. The van der Waals surface area contributed by atoms with Gasteiger partial charge in [-0.3, -0.25) is 4.79 Å². The number of ether oxygens (including phenoxy) is 1. The Kier molecular flexibility index (Phi) is 7.46. The third-order valence-corrected chi connectivity index (χ3v) is 7.50. The van der Waals surface area contributed by atoms with Crippen LogP contribution < -0.4 is 5.32 Å². The van der Waals surface area contributed by atoms with E-state index in [1.165, 1.54) is 30.5 Å². The van der Waals surface area contributed by atoms with E-state index in [4.69, 9.17) is 4.74 Å². The van der Waals surface area contributed by atoms with Crippen molar-refractivity contribution in [3.05, 3.63) is 35.4 Å². The van der Waals surface area contributed by atoms with Crippen LogP contribution in [0.4, 0.5) is 0 Å². The van der Waals surface area contributed by atoms with Crippen molar-refractivity contribution < 1.29 is 9.53 Å². The van der Waals surface area contributed by atoms with Gasteiger partial charge in [-0.15, -0.1) is 0 Å². The molecule has 1 N–H and O–H groups in total. The molecule has 1 aromatic rings. The van der Waals surface area contributed by atoms with E-state index in [1.807, 2.05) is 13.4 Å². The Morgan fingerprint density at radius 1 is 1.29 bits per heavy atom. The molecule has 2 aliphatic rings. The monoisotopic (exact) mass is 404 g/mol. The van der Waals surface area contributed by atoms with Gasteiger partial charge in [-0.25, -0.2) is 0 Å². The zero-order chi connectivity index (χ0) is 20.1. The quantitative estimate of drug-likeness (QED) is 0.711. The molecule has 0 aromatic heterocycles. The van der Waals surface area contributed by atoms with Gasteiger partial charge in [-0.1, -0.05) is 51.0 Å². The summed E-state index contributed by atoms with van der Waals surface area (Å²) in [7, 11) is 1.81. The summed E-state index contributed by atoms with van der Waals surface area (Å²) in [4.78, 5) is 15.0. The molecule has 1 fully saturated rings. The van der Waals surface area contributed by atoms with Crippen molar-refractivity contribution in [2.45, 2.75) is 57.1 Å². The number of thioether (sulfide) groups is 1. The fraction of sp³-hybridized carbons (Fsp3) is 0.696. The van der Waals surface area contributed by atoms with Crippen molar-refractivity contribution in [2.24, 2.45) is 5.92 Å². The summed E-state index contributed by atoms with van der Waals surface area (Å²) < 4.78 is 6.10. The summed E-state index contributed by atoms with van der Waals surface area (Å²) in [5.41, 5.74) is 2.64. The van der Waals surface area contributed by atoms with Crippen LogP contribution in [-0.4, -0.2) is 55.7 Å². The van der Waals surface area contributed by atoms with E-state index < -0.39 is 0 Å². The maximum atomic E-state index is 12.4. The van der Waals surface area contributed by atoms with Gasteiger partial charge in [0.1, 0.15) is 0 Å². The highest BCUT2D eigenvalue weighted by molar-refractivity contribution is 7.99. The third-order valence-electron chi connectivity index (χ3n) is 6.94. The van der Waals surface area contributed by atoms with Crippen LogP contribution in [0.2, 0.25) is 0 Å². The predicted octanol–water partition coefficient (Wildman–Crippen LogP) is 4.01. The zero-order valence-corrected chi connectivity index (χ0v) is 18.7. The lowest BCUT2D eigenvalue weighted by atomic mass is 9.71. The molecule has 156 valence electrons. The fourth-order valence-corrected chi connectivity index (χ4v) is 5.66. The largest absolute Gasteiger partial charge is 0.378 e. The second-order valence-corrected chi connectivity index (χ2v) is 9.23. The van der Waals surface area contributed by atoms with Crippen LogP contribution in [0.1, 0.15) is 56.7 Å². The first kappa shape index (κ1) is 21.7. The Bertz CT molecular complexity index is 654. The number of benzene rings is 1. The lowest BCUT2D eigenvalue weighted by Crippen LogP contribution is -2.51. The normalized spacial score (nSPS) is 23.9. The number of likely N-dealkylation sites (tertiary alicyclic amines) is 1. The lowest BCUT2D eigenvalue weighted by molar-refractivity contribution is -0.121. The van der Waals surface area contributed by atoms with Crippen LogP contribution >= 0.6 is 11.8 Å². The second-order valence-electron chi connectivity index (χ2n) is 8.36. The number of nitrogens with zero attached hydrogens (tertiary/aromatic N) is 1. The molecular formula is C23H36N2O2S. The van der Waals surface area contributed by atoms with E-state index in [2.05, 4.69) is 48.3 Å². The first-order valence-electron chi connectivity index (χ1n) is 10.7. The minimum atomic E-state index is -0.0496. The van der Waals surface area contributed by atoms with Gasteiger partial charge >= 0.3 is 0 Å². The number of amides is 1. The van der Waals surface area contributed by atoms with Crippen molar-refractivity contribution in [3.8, 4) is 0 Å². The molecule has 0 saturated carbocycles. The Hall–Kier alpha value is -1.04. The van der Waals surface area contributed by atoms with E-state index in [1.54, 1.807) is 11.8 Å². The Morgan fingerprint density at radius 3 is 2.57 bits per heavy atom. The number of hydrogen-bond donors (Lipinski definition) is 1. The standard InChI is InChI=1S/C23H36N2O2S/c1-5-17(6-2)15-25-13-11-23(12-14-25)19-10-8-7-9-18(19)21(22(23)27-3)24-20(26)16-28-4/h7-10,17,21-22H,5-6,11-16H2,1-4H3,(H,24,26)/t21-,22+/m1/s1. The molecule has 1 aliphatic heterocycles. The smallest absolute Gasteiger partial charge is 0.230 e. The van der Waals surface area contributed by atoms with Crippen LogP contribution in [0.25, 0.3) is 0 Å². The van der Waals surface area contributed by atoms with Gasteiger partial charge in [-0.2, -0.15) is 11.8 Å². The summed E-state index contributed by atoms with van der Waals surface area (Å²) in [6, 6.07) is 8.61. The number of methoxy groups -OCH3 is 1. The van der Waals surface area contributed by atoms with Crippen LogP contribution in [0.15, 0.2) is 24.3 Å². The number of rotatable bonds is 8. The molecule has 1 spiro atoms. The molecule has 28 heavy (non-hydrogen) atoms. The SMILES string of the molecule is CCC(CC)CN1CCC2(CC1)c1ccccc1[C@@H](NC(=O)CSC)[C@@H]2OC. The average Bonchev–Trinajstić information content (AvgIpc) is 2.97. The molecule has 0 bridgehead atoms. The number of carbonyl (C=O) groups is 1. The van der Waals surface area contributed by atoms with Gasteiger partial charge in [0.05, 0.1) is 17.9 Å². The lowest BCUT2D eigenvalue weighted by Gasteiger charge is -2.44. The molecule has 1 saturated heterocycles. The van der Waals surface area contributed by atoms with Crippen LogP contribution in [0.3, 0.4) is 0 Å². The highest BCUT2D eigenvalue weighted by Crippen LogP contribution is 2.52. The van der Waals surface area contributed by atoms with Crippen molar-refractivity contribution >= 4 is 17.7 Å². The van der Waals surface area contributed by atoms with Gasteiger partial charge < -0.3 is 15.0 Å². The molecule has 3 rings (SSSR count). The van der Waals surface area contributed by atoms with Gasteiger partial charge in [0.25, 0.3) is 0 Å². The molecule has 2 atom stereocenters. The highest BCUT2D eigenvalue weighted by atomic mass is 32.2. The average molecular weight is 405 g/mol. The minimum absolute atomic E-state index is 0.00556. The maximum absolute atomic E-state index is 12.4. The van der Waals surface area contributed by atoms with Crippen LogP contribution in [-0.2, 0) is 14.9 Å². The molecule has 4 nitrogen and oxygen atoms in total. The topological polar surface area (TPSA) is 41.6 Å². The van der Waals surface area contributed by atoms with Crippen molar-refractivity contribution in [2.75, 3.05) is 38.8 Å². The summed E-state index contributed by atoms with van der Waals surface area (Å²) in [6.07, 6.45) is 6.67. The van der Waals surface area contributed by atoms with E-state index in [0.29, 0.717) is 5.75 Å². The fourth-order valence-electron chi connectivity index (χ4n) is 5.32. The molecule has 5 heteroatoms. The summed E-state index contributed by atoms with van der Waals surface area (Å²) in [5, 5.41) is 3.27. The number of piperidine rings is 1. The Balaban J connectivity index is 1.82. The maximum Gasteiger partial charge on any atom is 0.230 e. The van der Waals surface area contributed by atoms with Gasteiger partial charge in [0, 0.05) is 19.1 Å². The van der Waals surface area contributed by atoms with Crippen LogP contribution in [0, 0.1) is 5.92 Å². The highest BCUT2D eigenvalue weighted by Gasteiger charge is 2.53. The molecule has 1 aliphatic carbocycles. The molecular weight excluding hydrogens is 368 g/mol. The molecule has 0 radical (unpaired) electrons. The Labute approximate surface area is 174 Å². The van der Waals surface area contributed by atoms with E-state index >= 15 is 0 Å². The summed E-state index contributed by atoms with van der Waals surface area (Å²) in [5.74, 6) is 1.38. The van der Waals surface area contributed by atoms with Gasteiger partial charge in [-0.05, 0) is 49.2 Å². The minimum Gasteiger partial charge on any atom is -0.378 e. The summed E-state index contributed by atoms with van der Waals surface area (Å²) in [6.45, 7) is 8.02. The molecule has 0 unspecified atom stereocenters. The number of hydrogen-bond acceptors (Lipinski definition) is 4. The Morgan fingerprint density at radius 2 is 1.96 bits per heavy atom. The van der Waals surface area contributed by atoms with Gasteiger partial charge in [0.15, 0.2) is 0 Å². The zero-order valence-electron chi connectivity index (χ0n) is 17.9. The van der Waals surface area contributed by atoms with E-state index in [-0.39, 0.29) is 23.5 Å². The number of carbonyl (C=O) groups excluding carboxylic acids is 1. The molecule has 1 heterocycles. The van der Waals surface area contributed by atoms with Crippen molar-refractivity contribution in [3.63, 3.8) is 0 Å². The first-order chi connectivity index (χ1) is 13.6. The van der Waals surface area contributed by atoms with E-state index in [0.717, 1.165) is 31.8 Å². The first-order valence-corrected chi connectivity index (χ1v) is 12.1. The molecule has 1 amide bonds. The number of fused-ring (bicyclic) bond motifs is 2.